The Labute approximate surface area is 511 Å². The van der Waals surface area contributed by atoms with Crippen LogP contribution in [0.15, 0.2) is 42.5 Å². The van der Waals surface area contributed by atoms with Crippen molar-refractivity contribution in [1.29, 1.82) is 0 Å². The molecule has 10 amide bonds. The van der Waals surface area contributed by atoms with Crippen LogP contribution in [0.5, 0.6) is 5.75 Å². The molecule has 1 heterocycles. The molecule has 486 valence electrons. The molecule has 0 radical (unpaired) electrons. The largest absolute Gasteiger partial charge is 0.508 e. The van der Waals surface area contributed by atoms with Crippen LogP contribution in [0, 0.1) is 0 Å². The summed E-state index contributed by atoms with van der Waals surface area (Å²) in [6.07, 6.45) is -4.12. The average molecular weight is 1230 g/mol. The summed E-state index contributed by atoms with van der Waals surface area (Å²) < 4.78 is 26.9. The number of benzene rings is 2. The molecule has 4 bridgehead atoms. The molecule has 1 aliphatic heterocycles. The van der Waals surface area contributed by atoms with Crippen LogP contribution in [-0.4, -0.2) is 168 Å². The van der Waals surface area contributed by atoms with Gasteiger partial charge in [-0.15, -0.1) is 0 Å². The molecule has 87 heavy (non-hydrogen) atoms. The van der Waals surface area contributed by atoms with E-state index in [1.165, 1.54) is 13.1 Å². The Hall–Kier alpha value is -8.06. The van der Waals surface area contributed by atoms with Gasteiger partial charge in [0.05, 0.1) is 0 Å². The summed E-state index contributed by atoms with van der Waals surface area (Å²) in [5.41, 5.74) is -2.15. The van der Waals surface area contributed by atoms with E-state index in [-0.39, 0.29) is 95.4 Å². The standard InChI is InChI=1S/C61H96N10O16/c1-57(2,3)83-52(78)64-29-19-23-41(47(73)62-28-18-24-42(69-55(81)86-60(10,11)12)48(74)63-31-32-66-54(80)85-59(7,8)9)67-50(76)45-34-37-21-17-22-38(33-37)39-26-27-46(72)40(35-39)36-44(70-56(82)87-61(13,14)15)49(75)68-43(51(77)71(45)16)25-20-30-65-53(79)84-58(4,5)6/h17,21-22,26-27,33,35,41-45,72H,18-20,23-25,28-32,34,36H2,1-16H3,(H,62,73)(H,63,74)(H,64,78)(H,65,79)(H,66,80)(H,67,76)(H,68,75)(H,69,81)(H,70,82)/t41-,42+,43+,44+,45+/m1/s1. The topological polar surface area (TPSA) is 349 Å². The van der Waals surface area contributed by atoms with E-state index in [1.807, 2.05) is 0 Å². The van der Waals surface area contributed by atoms with Crippen LogP contribution in [0.2, 0.25) is 0 Å². The SMILES string of the molecule is CN1C(=O)[C@H](CCCNC(=O)OC(C)(C)C)NC(=O)[C@@H](NC(=O)OC(C)(C)C)Cc2cc(ccc2O)-c2cccc(c2)C[C@H]1C(=O)N[C@H](CCCNC(=O)OC(C)(C)C)C(=O)NCCC[C@H](NC(=O)OC(C)(C)C)C(=O)NCCNC(=O)OC(C)(C)C. The first-order valence-electron chi connectivity index (χ1n) is 29.4. The lowest BCUT2D eigenvalue weighted by molar-refractivity contribution is -0.143. The number of rotatable bonds is 21. The monoisotopic (exact) mass is 1220 g/mol. The maximum Gasteiger partial charge on any atom is 0.408 e. The van der Waals surface area contributed by atoms with Crippen molar-refractivity contribution in [3.8, 4) is 16.9 Å². The number of carbonyl (C=O) groups is 10. The fraction of sp³-hybridized carbons (Fsp3) is 0.639. The number of aromatic hydroxyl groups is 1. The third-order valence-corrected chi connectivity index (χ3v) is 12.3. The Morgan fingerprint density at radius 2 is 1.00 bits per heavy atom. The van der Waals surface area contributed by atoms with Crippen molar-refractivity contribution in [2.24, 2.45) is 0 Å². The molecule has 0 unspecified atom stereocenters. The van der Waals surface area contributed by atoms with Crippen LogP contribution in [0.4, 0.5) is 24.0 Å². The molecule has 10 N–H and O–H groups in total. The molecule has 0 fully saturated rings. The third-order valence-electron chi connectivity index (χ3n) is 12.3. The minimum atomic E-state index is -1.43. The normalized spacial score (nSPS) is 16.6. The van der Waals surface area contributed by atoms with Gasteiger partial charge >= 0.3 is 30.5 Å². The fourth-order valence-electron chi connectivity index (χ4n) is 8.55. The number of hydrogen-bond donors (Lipinski definition) is 10. The van der Waals surface area contributed by atoms with E-state index in [0.717, 1.165) is 4.90 Å². The van der Waals surface area contributed by atoms with Crippen LogP contribution in [0.25, 0.3) is 11.1 Å². The molecular weight excluding hydrogens is 1130 g/mol. The second kappa shape index (κ2) is 32.6. The summed E-state index contributed by atoms with van der Waals surface area (Å²) in [5, 5.41) is 35.3. The van der Waals surface area contributed by atoms with Gasteiger partial charge in [0.25, 0.3) is 0 Å². The lowest BCUT2D eigenvalue weighted by Gasteiger charge is -2.33. The smallest absolute Gasteiger partial charge is 0.408 e. The molecule has 0 saturated heterocycles. The number of ether oxygens (including phenoxy) is 5. The van der Waals surface area contributed by atoms with Crippen LogP contribution in [0.1, 0.15) is 154 Å². The van der Waals surface area contributed by atoms with Crippen molar-refractivity contribution in [3.05, 3.63) is 53.6 Å². The van der Waals surface area contributed by atoms with Gasteiger partial charge in [-0.25, -0.2) is 24.0 Å². The van der Waals surface area contributed by atoms with E-state index in [2.05, 4.69) is 47.9 Å². The molecular formula is C61H96N10O16. The molecule has 0 aliphatic carbocycles. The highest BCUT2D eigenvalue weighted by molar-refractivity contribution is 5.96. The summed E-state index contributed by atoms with van der Waals surface area (Å²) in [5.74, 6) is -3.83. The van der Waals surface area contributed by atoms with E-state index in [0.29, 0.717) is 16.7 Å². The quantitative estimate of drug-likeness (QED) is 0.0515. The van der Waals surface area contributed by atoms with Gasteiger partial charge in [0.1, 0.15) is 64.0 Å². The third kappa shape index (κ3) is 29.3. The van der Waals surface area contributed by atoms with Crippen LogP contribution in [0.3, 0.4) is 0 Å². The number of hydrogen-bond acceptors (Lipinski definition) is 16. The molecule has 2 aromatic rings. The lowest BCUT2D eigenvalue weighted by atomic mass is 9.95. The maximum absolute atomic E-state index is 15.1. The summed E-state index contributed by atoms with van der Waals surface area (Å²) in [7, 11) is 1.37. The van der Waals surface area contributed by atoms with Crippen molar-refractivity contribution < 1.29 is 76.7 Å². The number of phenols is 1. The molecule has 0 saturated carbocycles. The van der Waals surface area contributed by atoms with Crippen LogP contribution >= 0.6 is 0 Å². The van der Waals surface area contributed by atoms with Crippen LogP contribution < -0.4 is 47.9 Å². The molecule has 5 atom stereocenters. The average Bonchev–Trinajstić information content (AvgIpc) is 2.05. The van der Waals surface area contributed by atoms with Crippen molar-refractivity contribution in [3.63, 3.8) is 0 Å². The minimum absolute atomic E-state index is 0.00197. The van der Waals surface area contributed by atoms with Gasteiger partial charge in [0, 0.05) is 52.6 Å². The zero-order valence-electron chi connectivity index (χ0n) is 53.6. The summed E-state index contributed by atoms with van der Waals surface area (Å²) >= 11 is 0. The van der Waals surface area contributed by atoms with Gasteiger partial charge in [0.15, 0.2) is 0 Å². The maximum atomic E-state index is 15.1. The first-order valence-corrected chi connectivity index (χ1v) is 29.4. The lowest BCUT2D eigenvalue weighted by Crippen LogP contribution is -2.59. The molecule has 0 aromatic heterocycles. The Balaban J connectivity index is 2.06. The van der Waals surface area contributed by atoms with E-state index >= 15 is 9.59 Å². The molecule has 26 heteroatoms. The predicted octanol–water partition coefficient (Wildman–Crippen LogP) is 5.89. The van der Waals surface area contributed by atoms with E-state index in [1.54, 1.807) is 140 Å². The molecule has 0 spiro atoms. The van der Waals surface area contributed by atoms with Gasteiger partial charge in [-0.2, -0.15) is 0 Å². The number of nitrogens with zero attached hydrogens (tertiary/aromatic N) is 1. The highest BCUT2D eigenvalue weighted by atomic mass is 16.6. The van der Waals surface area contributed by atoms with Crippen molar-refractivity contribution >= 4 is 60.0 Å². The number of nitrogens with one attached hydrogen (secondary N) is 9. The Morgan fingerprint density at radius 1 is 0.552 bits per heavy atom. The fourth-order valence-corrected chi connectivity index (χ4v) is 8.55. The molecule has 26 nitrogen and oxygen atoms in total. The minimum Gasteiger partial charge on any atom is -0.508 e. The molecule has 1 aliphatic rings. The summed E-state index contributed by atoms with van der Waals surface area (Å²) in [4.78, 5) is 138. The van der Waals surface area contributed by atoms with Gasteiger partial charge in [-0.3, -0.25) is 24.0 Å². The van der Waals surface area contributed by atoms with E-state index in [9.17, 15) is 43.5 Å². The van der Waals surface area contributed by atoms with Crippen molar-refractivity contribution in [1.82, 2.24) is 52.8 Å². The highest BCUT2D eigenvalue weighted by Gasteiger charge is 2.37. The summed E-state index contributed by atoms with van der Waals surface area (Å²) in [6, 6.07) is 5.21. The Bertz CT molecular complexity index is 2700. The van der Waals surface area contributed by atoms with Crippen LogP contribution in [-0.2, 0) is 60.5 Å². The van der Waals surface area contributed by atoms with Gasteiger partial charge in [0.2, 0.25) is 29.5 Å². The first kappa shape index (κ1) is 73.2. The molecule has 3 rings (SSSR count). The first-order chi connectivity index (χ1) is 40.2. The molecule has 2 aromatic carbocycles. The Morgan fingerprint density at radius 3 is 1.54 bits per heavy atom. The number of fused-ring (bicyclic) bond motifs is 5. The number of phenolic OH excluding ortho intramolecular Hbond substituents is 1. The van der Waals surface area contributed by atoms with Crippen molar-refractivity contribution in [2.75, 3.05) is 39.8 Å². The van der Waals surface area contributed by atoms with Gasteiger partial charge in [-0.05, 0) is 177 Å². The number of carbonyl (C=O) groups excluding carboxylic acids is 10. The van der Waals surface area contributed by atoms with E-state index < -0.39 is 118 Å². The van der Waals surface area contributed by atoms with Gasteiger partial charge < -0.3 is 81.5 Å². The predicted molar refractivity (Wildman–Crippen MR) is 324 cm³/mol. The van der Waals surface area contributed by atoms with E-state index in [4.69, 9.17) is 23.7 Å². The zero-order valence-corrected chi connectivity index (χ0v) is 53.6. The van der Waals surface area contributed by atoms with Gasteiger partial charge in [-0.1, -0.05) is 30.3 Å². The van der Waals surface area contributed by atoms with Crippen molar-refractivity contribution in [2.45, 2.75) is 213 Å². The highest BCUT2D eigenvalue weighted by Crippen LogP contribution is 2.29. The summed E-state index contributed by atoms with van der Waals surface area (Å²) in [6.45, 7) is 25.2. The second-order valence-electron chi connectivity index (χ2n) is 26.2. The Kier molecular flexibility index (Phi) is 27.4. The number of amides is 10. The number of alkyl carbamates (subject to hydrolysis) is 5. The zero-order chi connectivity index (χ0) is 65.7. The second-order valence-corrected chi connectivity index (χ2v) is 26.2. The number of likely N-dealkylation sites (N-methyl/N-ethyl adjacent to an activating group) is 1.